The van der Waals surface area contributed by atoms with Crippen molar-refractivity contribution in [3.05, 3.63) is 65.2 Å². The van der Waals surface area contributed by atoms with Gasteiger partial charge in [0, 0.05) is 24.7 Å². The number of sulfonamides is 1. The highest BCUT2D eigenvalue weighted by molar-refractivity contribution is 7.88. The number of hydrogen-bond acceptors (Lipinski definition) is 3. The molecule has 2 aromatic carbocycles. The summed E-state index contributed by atoms with van der Waals surface area (Å²) in [5.41, 5.74) is 3.74. The van der Waals surface area contributed by atoms with Crippen molar-refractivity contribution >= 4 is 21.6 Å². The highest BCUT2D eigenvalue weighted by Crippen LogP contribution is 2.24. The fraction of sp³-hybridized carbons (Fsp3) is 0.381. The van der Waals surface area contributed by atoms with E-state index >= 15 is 0 Å². The van der Waals surface area contributed by atoms with Gasteiger partial charge in [0.25, 0.3) is 0 Å². The molecule has 1 fully saturated rings. The molecule has 2 aromatic rings. The van der Waals surface area contributed by atoms with Gasteiger partial charge in [-0.15, -0.1) is 0 Å². The fourth-order valence-corrected chi connectivity index (χ4v) is 4.94. The van der Waals surface area contributed by atoms with Gasteiger partial charge < -0.3 is 5.32 Å². The molecule has 1 aliphatic rings. The third-order valence-electron chi connectivity index (χ3n) is 5.06. The number of carbonyl (C=O) groups excluding carboxylic acids is 1. The molecule has 0 saturated carbocycles. The molecule has 0 spiro atoms. The van der Waals surface area contributed by atoms with E-state index in [0.29, 0.717) is 25.9 Å². The molecule has 3 rings (SSSR count). The lowest BCUT2D eigenvalue weighted by atomic mass is 9.97. The van der Waals surface area contributed by atoms with Gasteiger partial charge in [0.2, 0.25) is 15.9 Å². The largest absolute Gasteiger partial charge is 0.326 e. The first-order valence-electron chi connectivity index (χ1n) is 9.25. The number of nitrogens with one attached hydrogen (secondary N) is 1. The van der Waals surface area contributed by atoms with Gasteiger partial charge in [-0.25, -0.2) is 12.7 Å². The van der Waals surface area contributed by atoms with Crippen LogP contribution < -0.4 is 5.32 Å². The quantitative estimate of drug-likeness (QED) is 0.855. The van der Waals surface area contributed by atoms with Crippen molar-refractivity contribution < 1.29 is 13.2 Å². The van der Waals surface area contributed by atoms with E-state index in [1.807, 2.05) is 62.4 Å². The summed E-state index contributed by atoms with van der Waals surface area (Å²) in [5.74, 6) is -0.176. The lowest BCUT2D eigenvalue weighted by Crippen LogP contribution is -2.41. The number of nitrogens with zero attached hydrogens (tertiary/aromatic N) is 1. The average Bonchev–Trinajstić information content (AvgIpc) is 2.65. The van der Waals surface area contributed by atoms with Crippen LogP contribution in [-0.2, 0) is 20.6 Å². The van der Waals surface area contributed by atoms with E-state index in [2.05, 4.69) is 5.32 Å². The molecule has 5 nitrogen and oxygen atoms in total. The highest BCUT2D eigenvalue weighted by atomic mass is 32.2. The zero-order valence-electron chi connectivity index (χ0n) is 15.8. The number of benzene rings is 2. The van der Waals surface area contributed by atoms with Gasteiger partial charge in [0.15, 0.2) is 0 Å². The maximum atomic E-state index is 12.6. The third kappa shape index (κ3) is 4.96. The second-order valence-corrected chi connectivity index (χ2v) is 9.19. The summed E-state index contributed by atoms with van der Waals surface area (Å²) < 4.78 is 26.8. The zero-order chi connectivity index (χ0) is 19.4. The summed E-state index contributed by atoms with van der Waals surface area (Å²) in [7, 11) is -3.36. The Morgan fingerprint density at radius 1 is 1.07 bits per heavy atom. The average molecular weight is 387 g/mol. The first-order chi connectivity index (χ1) is 12.8. The van der Waals surface area contributed by atoms with Crippen molar-refractivity contribution in [2.24, 2.45) is 5.92 Å². The smallest absolute Gasteiger partial charge is 0.227 e. The lowest BCUT2D eigenvalue weighted by molar-refractivity contribution is -0.120. The molecule has 144 valence electrons. The molecule has 0 radical (unpaired) electrons. The number of rotatable bonds is 5. The second-order valence-electron chi connectivity index (χ2n) is 7.22. The van der Waals surface area contributed by atoms with E-state index in [0.717, 1.165) is 22.4 Å². The van der Waals surface area contributed by atoms with Crippen LogP contribution in [0.3, 0.4) is 0 Å². The van der Waals surface area contributed by atoms with Gasteiger partial charge in [-0.3, -0.25) is 4.79 Å². The molecule has 0 unspecified atom stereocenters. The van der Waals surface area contributed by atoms with Crippen molar-refractivity contribution in [3.8, 4) is 0 Å². The van der Waals surface area contributed by atoms with E-state index in [-0.39, 0.29) is 17.6 Å². The lowest BCUT2D eigenvalue weighted by Gasteiger charge is -2.30. The number of hydrogen-bond donors (Lipinski definition) is 1. The molecule has 6 heteroatoms. The number of piperidine rings is 1. The molecule has 1 amide bonds. The highest BCUT2D eigenvalue weighted by Gasteiger charge is 2.31. The van der Waals surface area contributed by atoms with E-state index < -0.39 is 10.0 Å². The van der Waals surface area contributed by atoms with Gasteiger partial charge in [-0.1, -0.05) is 42.5 Å². The summed E-state index contributed by atoms with van der Waals surface area (Å²) in [4.78, 5) is 12.6. The van der Waals surface area contributed by atoms with Crippen molar-refractivity contribution in [1.29, 1.82) is 0 Å². The molecule has 1 heterocycles. The van der Waals surface area contributed by atoms with Gasteiger partial charge in [-0.2, -0.15) is 0 Å². The van der Waals surface area contributed by atoms with Crippen LogP contribution in [-0.4, -0.2) is 31.7 Å². The Morgan fingerprint density at radius 3 is 2.41 bits per heavy atom. The Balaban J connectivity index is 1.58. The van der Waals surface area contributed by atoms with Gasteiger partial charge in [0.05, 0.1) is 5.75 Å². The molecule has 0 bridgehead atoms. The van der Waals surface area contributed by atoms with Crippen LogP contribution in [0.4, 0.5) is 5.69 Å². The molecule has 1 saturated heterocycles. The van der Waals surface area contributed by atoms with Crippen LogP contribution in [0.2, 0.25) is 0 Å². The van der Waals surface area contributed by atoms with Crippen LogP contribution in [0.25, 0.3) is 0 Å². The Labute approximate surface area is 161 Å². The van der Waals surface area contributed by atoms with Gasteiger partial charge >= 0.3 is 0 Å². The first kappa shape index (κ1) is 19.6. The number of amides is 1. The van der Waals surface area contributed by atoms with Crippen LogP contribution in [0, 0.1) is 19.8 Å². The molecule has 0 aromatic heterocycles. The molecule has 1 aliphatic heterocycles. The fourth-order valence-electron chi connectivity index (χ4n) is 3.38. The van der Waals surface area contributed by atoms with E-state index in [1.165, 1.54) is 4.31 Å². The van der Waals surface area contributed by atoms with Gasteiger partial charge in [0.1, 0.15) is 0 Å². The Morgan fingerprint density at radius 2 is 1.74 bits per heavy atom. The summed E-state index contributed by atoms with van der Waals surface area (Å²) in [6.45, 7) is 4.74. The van der Waals surface area contributed by atoms with E-state index in [9.17, 15) is 13.2 Å². The maximum Gasteiger partial charge on any atom is 0.227 e. The SMILES string of the molecule is Cc1ccc(C)c(NC(=O)C2CCN(S(=O)(=O)Cc3ccccc3)CC2)c1. The Hall–Kier alpha value is -2.18. The summed E-state index contributed by atoms with van der Waals surface area (Å²) >= 11 is 0. The van der Waals surface area contributed by atoms with Crippen molar-refractivity contribution in [2.45, 2.75) is 32.4 Å². The van der Waals surface area contributed by atoms with Crippen LogP contribution >= 0.6 is 0 Å². The van der Waals surface area contributed by atoms with E-state index in [1.54, 1.807) is 0 Å². The second kappa shape index (κ2) is 8.23. The molecule has 1 N–H and O–H groups in total. The minimum Gasteiger partial charge on any atom is -0.326 e. The Bertz CT molecular complexity index is 902. The molecule has 0 atom stereocenters. The topological polar surface area (TPSA) is 66.5 Å². The molecule has 27 heavy (non-hydrogen) atoms. The third-order valence-corrected chi connectivity index (χ3v) is 6.91. The number of anilines is 1. The number of carbonyl (C=O) groups is 1. The predicted octanol–water partition coefficient (Wildman–Crippen LogP) is 3.48. The Kier molecular flexibility index (Phi) is 5.97. The summed E-state index contributed by atoms with van der Waals surface area (Å²) in [5, 5.41) is 3.01. The van der Waals surface area contributed by atoms with Crippen molar-refractivity contribution in [2.75, 3.05) is 18.4 Å². The monoisotopic (exact) mass is 386 g/mol. The van der Waals surface area contributed by atoms with Crippen LogP contribution in [0.1, 0.15) is 29.5 Å². The minimum atomic E-state index is -3.36. The molecule has 0 aliphatic carbocycles. The first-order valence-corrected chi connectivity index (χ1v) is 10.9. The van der Waals surface area contributed by atoms with Gasteiger partial charge in [-0.05, 0) is 49.4 Å². The zero-order valence-corrected chi connectivity index (χ0v) is 16.6. The standard InChI is InChI=1S/C21H26N2O3S/c1-16-8-9-17(2)20(14-16)22-21(24)19-10-12-23(13-11-19)27(25,26)15-18-6-4-3-5-7-18/h3-9,14,19H,10-13,15H2,1-2H3,(H,22,24). The molecular formula is C21H26N2O3S. The van der Waals surface area contributed by atoms with E-state index in [4.69, 9.17) is 0 Å². The maximum absolute atomic E-state index is 12.6. The van der Waals surface area contributed by atoms with Crippen molar-refractivity contribution in [3.63, 3.8) is 0 Å². The predicted molar refractivity (Wildman–Crippen MR) is 108 cm³/mol. The van der Waals surface area contributed by atoms with Crippen LogP contribution in [0.15, 0.2) is 48.5 Å². The van der Waals surface area contributed by atoms with Crippen LogP contribution in [0.5, 0.6) is 0 Å². The molecular weight excluding hydrogens is 360 g/mol. The summed E-state index contributed by atoms with van der Waals surface area (Å²) in [6, 6.07) is 15.2. The normalized spacial score (nSPS) is 16.2. The van der Waals surface area contributed by atoms with Crippen molar-refractivity contribution in [1.82, 2.24) is 4.31 Å². The minimum absolute atomic E-state index is 0.00713. The summed E-state index contributed by atoms with van der Waals surface area (Å²) in [6.07, 6.45) is 1.09. The number of aryl methyl sites for hydroxylation is 2.